The van der Waals surface area contributed by atoms with Crippen molar-refractivity contribution in [2.45, 2.75) is 5.03 Å². The van der Waals surface area contributed by atoms with Crippen molar-refractivity contribution in [3.8, 4) is 0 Å². The van der Waals surface area contributed by atoms with Crippen LogP contribution in [0, 0.1) is 0 Å². The van der Waals surface area contributed by atoms with E-state index in [2.05, 4.69) is 4.98 Å². The monoisotopic (exact) mass is 270 g/mol. The van der Waals surface area contributed by atoms with Gasteiger partial charge >= 0.3 is 12.2 Å². The predicted octanol–water partition coefficient (Wildman–Crippen LogP) is 2.90. The lowest BCUT2D eigenvalue weighted by Crippen LogP contribution is -2.17. The van der Waals surface area contributed by atoms with Gasteiger partial charge in [0.05, 0.1) is 0 Å². The lowest BCUT2D eigenvalue weighted by atomic mass is 10.3. The van der Waals surface area contributed by atoms with Gasteiger partial charge in [-0.1, -0.05) is 23.1 Å². The maximum atomic E-state index is 9.75. The van der Waals surface area contributed by atoms with Crippen molar-refractivity contribution >= 4 is 35.3 Å². The molecule has 0 aliphatic carbocycles. The van der Waals surface area contributed by atoms with Crippen LogP contribution in [-0.2, 0) is 0 Å². The van der Waals surface area contributed by atoms with Crippen molar-refractivity contribution in [1.29, 1.82) is 0 Å². The van der Waals surface area contributed by atoms with Crippen molar-refractivity contribution in [3.63, 3.8) is 0 Å². The van der Waals surface area contributed by atoms with Crippen LogP contribution in [0.3, 0.4) is 0 Å². The summed E-state index contributed by atoms with van der Waals surface area (Å²) in [6.45, 7) is 0. The van der Waals surface area contributed by atoms with Gasteiger partial charge < -0.3 is 17.3 Å². The van der Waals surface area contributed by atoms with Crippen LogP contribution in [0.2, 0.25) is 0 Å². The highest BCUT2D eigenvalue weighted by atomic mass is 32.2. The Morgan fingerprint density at radius 1 is 1.31 bits per heavy atom. The number of thioether (sulfide) groups is 1. The van der Waals surface area contributed by atoms with Gasteiger partial charge in [-0.25, -0.2) is 0 Å². The van der Waals surface area contributed by atoms with E-state index in [-0.39, 0.29) is 0 Å². The highest BCUT2D eigenvalue weighted by Crippen LogP contribution is 2.11. The molecule has 0 saturated heterocycles. The predicted molar refractivity (Wildman–Crippen MR) is 57.2 cm³/mol. The molecule has 2 heterocycles. The molecule has 0 fully saturated rings. The number of halogens is 4. The maximum Gasteiger partial charge on any atom is 0.673 e. The minimum Gasteiger partial charge on any atom is -0.418 e. The van der Waals surface area contributed by atoms with E-state index >= 15 is 0 Å². The molecule has 0 aliphatic rings. The number of fused-ring (bicyclic) bond motifs is 1. The van der Waals surface area contributed by atoms with E-state index < -0.39 is 7.25 Å². The van der Waals surface area contributed by atoms with E-state index in [0.29, 0.717) is 0 Å². The third kappa shape index (κ3) is 4.80. The molecule has 0 bridgehead atoms. The van der Waals surface area contributed by atoms with E-state index in [1.54, 1.807) is 23.1 Å². The second-order valence-electron chi connectivity index (χ2n) is 2.56. The van der Waals surface area contributed by atoms with Crippen LogP contribution in [-0.4, -0.2) is 18.5 Å². The lowest BCUT2D eigenvalue weighted by molar-refractivity contribution is -0.510. The Kier molecular flexibility index (Phi) is 4.54. The Labute approximate surface area is 97.4 Å². The Bertz CT molecular complexity index is 453. The van der Waals surface area contributed by atoms with Crippen LogP contribution in [0.15, 0.2) is 28.9 Å². The molecular formula is C7H7BF4N2S2. The van der Waals surface area contributed by atoms with Gasteiger partial charge in [0.1, 0.15) is 12.4 Å². The first kappa shape index (κ1) is 13.2. The van der Waals surface area contributed by atoms with E-state index in [4.69, 9.17) is 0 Å². The largest absolute Gasteiger partial charge is 0.673 e. The topological polar surface area (TPSA) is 17.0 Å². The number of hydrogen-bond donors (Lipinski definition) is 0. The Balaban J connectivity index is 0.000000221. The lowest BCUT2D eigenvalue weighted by Gasteiger charge is -1.94. The van der Waals surface area contributed by atoms with Crippen LogP contribution >= 0.6 is 23.1 Å². The molecule has 0 saturated carbocycles. The molecule has 0 amide bonds. The Morgan fingerprint density at radius 3 is 2.50 bits per heavy atom. The molecular weight excluding hydrogens is 263 g/mol. The summed E-state index contributed by atoms with van der Waals surface area (Å²) in [5, 5.41) is 3.11. The zero-order valence-corrected chi connectivity index (χ0v) is 9.74. The number of nitrogens with zero attached hydrogens (tertiary/aromatic N) is 2. The zero-order chi connectivity index (χ0) is 12.2. The minimum absolute atomic E-state index is 1.05. The van der Waals surface area contributed by atoms with Crippen molar-refractivity contribution < 1.29 is 21.7 Å². The van der Waals surface area contributed by atoms with Crippen molar-refractivity contribution in [1.82, 2.24) is 4.98 Å². The molecule has 2 aromatic heterocycles. The van der Waals surface area contributed by atoms with E-state index in [0.717, 1.165) is 9.99 Å². The zero-order valence-electron chi connectivity index (χ0n) is 8.11. The molecule has 0 spiro atoms. The average Bonchev–Trinajstić information content (AvgIpc) is 2.61. The summed E-state index contributed by atoms with van der Waals surface area (Å²) in [5.74, 6) is 0. The quantitative estimate of drug-likeness (QED) is 0.260. The minimum atomic E-state index is -6.00. The van der Waals surface area contributed by atoms with Crippen LogP contribution in [0.5, 0.6) is 0 Å². The van der Waals surface area contributed by atoms with Crippen LogP contribution < -0.4 is 4.40 Å². The first-order valence-electron chi connectivity index (χ1n) is 4.07. The van der Waals surface area contributed by atoms with Crippen molar-refractivity contribution in [2.24, 2.45) is 0 Å². The molecule has 2 rings (SSSR count). The van der Waals surface area contributed by atoms with Gasteiger partial charge in [0.2, 0.25) is 5.03 Å². The average molecular weight is 270 g/mol. The third-order valence-electron chi connectivity index (χ3n) is 1.41. The highest BCUT2D eigenvalue weighted by molar-refractivity contribution is 7.98. The highest BCUT2D eigenvalue weighted by Gasteiger charge is 2.20. The van der Waals surface area contributed by atoms with Gasteiger partial charge in [0.15, 0.2) is 0 Å². The maximum absolute atomic E-state index is 9.75. The molecule has 0 N–H and O–H groups in total. The molecule has 16 heavy (non-hydrogen) atoms. The Hall–Kier alpha value is -0.825. The second kappa shape index (κ2) is 5.49. The van der Waals surface area contributed by atoms with Gasteiger partial charge in [-0.15, -0.1) is 0 Å². The first-order valence-corrected chi connectivity index (χ1v) is 6.17. The smallest absolute Gasteiger partial charge is 0.418 e. The summed E-state index contributed by atoms with van der Waals surface area (Å²) in [6.07, 6.45) is 6.08. The summed E-state index contributed by atoms with van der Waals surface area (Å²) in [7, 11) is -6.00. The molecule has 0 aromatic carbocycles. The summed E-state index contributed by atoms with van der Waals surface area (Å²) >= 11 is 3.32. The van der Waals surface area contributed by atoms with Gasteiger partial charge in [-0.05, 0) is 11.2 Å². The molecule has 88 valence electrons. The molecule has 2 nitrogen and oxygen atoms in total. The fourth-order valence-electron chi connectivity index (χ4n) is 0.868. The molecule has 2 aromatic rings. The molecule has 0 radical (unpaired) electrons. The summed E-state index contributed by atoms with van der Waals surface area (Å²) in [4.78, 5) is 5.45. The standard InChI is InChI=1S/C7H7N2S2.BF4/c1-10-6-2-3-9-4-5-11-7(9)8-6;2-1(3,4)5/h2-5H,1H3;/q+1;-1. The van der Waals surface area contributed by atoms with Gasteiger partial charge in [-0.3, -0.25) is 0 Å². The SMILES string of the molecule is CSc1cc[n+]2ccsc2n1.F[B-](F)(F)F. The van der Waals surface area contributed by atoms with E-state index in [1.165, 1.54) is 0 Å². The summed E-state index contributed by atoms with van der Waals surface area (Å²) in [6, 6.07) is 2.02. The van der Waals surface area contributed by atoms with E-state index in [1.807, 2.05) is 34.5 Å². The molecule has 9 heteroatoms. The van der Waals surface area contributed by atoms with Crippen molar-refractivity contribution in [3.05, 3.63) is 23.8 Å². The molecule has 0 aliphatic heterocycles. The first-order chi connectivity index (χ1) is 7.40. The number of aromatic nitrogens is 2. The van der Waals surface area contributed by atoms with Gasteiger partial charge in [-0.2, -0.15) is 4.40 Å². The van der Waals surface area contributed by atoms with Gasteiger partial charge in [0, 0.05) is 11.4 Å². The molecule has 0 unspecified atom stereocenters. The van der Waals surface area contributed by atoms with Crippen molar-refractivity contribution in [2.75, 3.05) is 6.26 Å². The third-order valence-corrected chi connectivity index (χ3v) is 2.82. The fourth-order valence-corrected chi connectivity index (χ4v) is 2.01. The number of thiazole rings is 1. The normalized spacial score (nSPS) is 11.1. The van der Waals surface area contributed by atoms with Crippen LogP contribution in [0.1, 0.15) is 0 Å². The summed E-state index contributed by atoms with van der Waals surface area (Å²) < 4.78 is 41.0. The van der Waals surface area contributed by atoms with Crippen LogP contribution in [0.4, 0.5) is 17.3 Å². The van der Waals surface area contributed by atoms with E-state index in [9.17, 15) is 17.3 Å². The van der Waals surface area contributed by atoms with Gasteiger partial charge in [0.25, 0.3) is 0 Å². The van der Waals surface area contributed by atoms with Crippen LogP contribution in [0.25, 0.3) is 4.96 Å². The fraction of sp³-hybridized carbons (Fsp3) is 0.143. The summed E-state index contributed by atoms with van der Waals surface area (Å²) in [5.41, 5.74) is 0. The second-order valence-corrected chi connectivity index (χ2v) is 4.26. The number of hydrogen-bond acceptors (Lipinski definition) is 3. The Morgan fingerprint density at radius 2 is 1.94 bits per heavy atom. The molecule has 0 atom stereocenters. The number of rotatable bonds is 1.